The Morgan fingerprint density at radius 3 is 2.71 bits per heavy atom. The van der Waals surface area contributed by atoms with Crippen molar-refractivity contribution in [1.82, 2.24) is 4.98 Å². The van der Waals surface area contributed by atoms with Gasteiger partial charge >= 0.3 is 29.6 Å². The van der Waals surface area contributed by atoms with Gasteiger partial charge in [0.05, 0.1) is 16.5 Å². The molecule has 0 saturated heterocycles. The molecule has 1 atom stereocenters. The van der Waals surface area contributed by atoms with Crippen LogP contribution in [0.4, 0.5) is 8.78 Å². The fourth-order valence-electron chi connectivity index (χ4n) is 4.32. The van der Waals surface area contributed by atoms with E-state index in [1.165, 1.54) is 11.8 Å². The van der Waals surface area contributed by atoms with E-state index in [0.717, 1.165) is 39.9 Å². The summed E-state index contributed by atoms with van der Waals surface area (Å²) in [6, 6.07) is 17.2. The second kappa shape index (κ2) is 12.1. The number of rotatable bonds is 6. The third kappa shape index (κ3) is 5.95. The number of carboxylic acids is 1. The van der Waals surface area contributed by atoms with E-state index in [1.807, 2.05) is 42.5 Å². The van der Waals surface area contributed by atoms with Gasteiger partial charge in [-0.1, -0.05) is 36.3 Å². The number of ether oxygens (including phenoxy) is 1. The first-order chi connectivity index (χ1) is 17.9. The number of carbonyl (C=O) groups excluding carboxylic acids is 1. The Hall–Kier alpha value is -3.15. The monoisotopic (exact) mass is 535 g/mol. The van der Waals surface area contributed by atoms with Gasteiger partial charge in [-0.2, -0.15) is 0 Å². The molecular weight excluding hydrogens is 515 g/mol. The first-order valence-corrected chi connectivity index (χ1v) is 12.6. The van der Waals surface area contributed by atoms with Crippen LogP contribution in [0.3, 0.4) is 0 Å². The first kappa shape index (κ1) is 27.9. The zero-order chi connectivity index (χ0) is 25.9. The van der Waals surface area contributed by atoms with Crippen LogP contribution in [-0.2, 0) is 11.4 Å². The maximum Gasteiger partial charge on any atom is 1.00 e. The fourth-order valence-corrected chi connectivity index (χ4v) is 5.60. The van der Waals surface area contributed by atoms with Crippen molar-refractivity contribution in [3.05, 3.63) is 106 Å². The summed E-state index contributed by atoms with van der Waals surface area (Å²) < 4.78 is 33.3. The Morgan fingerprint density at radius 1 is 1.11 bits per heavy atom. The molecule has 3 aromatic carbocycles. The zero-order valence-electron chi connectivity index (χ0n) is 20.5. The predicted octanol–water partition coefficient (Wildman–Crippen LogP) is 2.52. The fraction of sp³-hybridized carbons (Fsp3) is 0.133. The largest absolute Gasteiger partial charge is 1.00 e. The van der Waals surface area contributed by atoms with E-state index in [2.05, 4.69) is 10.9 Å². The van der Waals surface area contributed by atoms with E-state index < -0.39 is 17.6 Å². The van der Waals surface area contributed by atoms with Gasteiger partial charge in [0.25, 0.3) is 0 Å². The first-order valence-electron chi connectivity index (χ1n) is 11.5. The summed E-state index contributed by atoms with van der Waals surface area (Å²) in [5.41, 5.74) is 5.38. The van der Waals surface area contributed by atoms with E-state index in [0.29, 0.717) is 34.7 Å². The van der Waals surface area contributed by atoms with Gasteiger partial charge in [0.15, 0.2) is 11.6 Å². The standard InChI is InChI=1S/C30H21F2NO3S.Na/c1-2-19-4-3-5-22-24(19)17-36-28-11-7-18(14-23(28)30(22)37-13-12-29(34)35)6-9-21-10-8-20-15-25(31)26(32)16-27(20)33-21;/h1,3-11,14-16,30H,12-13,17H2,(H,34,35);/q;+1/p-1/b9-6+;. The van der Waals surface area contributed by atoms with Crippen molar-refractivity contribution in [3.8, 4) is 18.1 Å². The molecule has 1 unspecified atom stereocenters. The number of fused-ring (bicyclic) bond motifs is 3. The molecule has 4 aromatic rings. The number of terminal acetylenes is 1. The van der Waals surface area contributed by atoms with Gasteiger partial charge in [0, 0.05) is 34.1 Å². The molecule has 0 amide bonds. The molecule has 0 bridgehead atoms. The van der Waals surface area contributed by atoms with Crippen LogP contribution in [0.1, 0.15) is 45.2 Å². The second-order valence-corrected chi connectivity index (χ2v) is 9.72. The number of pyridine rings is 1. The number of benzene rings is 3. The number of nitrogens with zero attached hydrogens (tertiary/aromatic N) is 1. The SMILES string of the molecule is C#Cc1cccc2c1COc1ccc(/C=C/c3ccc4cc(F)c(F)cc4n3)cc1C2SCCC(=O)[O-].[Na+]. The van der Waals surface area contributed by atoms with Gasteiger partial charge in [-0.05, 0) is 59.7 Å². The van der Waals surface area contributed by atoms with Crippen molar-refractivity contribution in [2.75, 3.05) is 5.75 Å². The molecule has 0 N–H and O–H groups in total. The Kier molecular flexibility index (Phi) is 8.91. The molecule has 5 rings (SSSR count). The minimum Gasteiger partial charge on any atom is -0.550 e. The minimum atomic E-state index is -1.10. The summed E-state index contributed by atoms with van der Waals surface area (Å²) >= 11 is 1.50. The number of hydrogen-bond acceptors (Lipinski definition) is 5. The number of hydrogen-bond donors (Lipinski definition) is 0. The Labute approximate surface area is 245 Å². The van der Waals surface area contributed by atoms with Crippen LogP contribution >= 0.6 is 11.8 Å². The zero-order valence-corrected chi connectivity index (χ0v) is 23.4. The minimum absolute atomic E-state index is 0. The summed E-state index contributed by atoms with van der Waals surface area (Å²) in [5, 5.41) is 11.4. The van der Waals surface area contributed by atoms with Crippen LogP contribution in [0.2, 0.25) is 0 Å². The van der Waals surface area contributed by atoms with Crippen LogP contribution in [0, 0.1) is 24.0 Å². The summed E-state index contributed by atoms with van der Waals surface area (Å²) in [7, 11) is 0. The van der Waals surface area contributed by atoms with Crippen molar-refractivity contribution in [3.63, 3.8) is 0 Å². The summed E-state index contributed by atoms with van der Waals surface area (Å²) in [6.07, 6.45) is 9.33. The van der Waals surface area contributed by atoms with Crippen LogP contribution in [0.5, 0.6) is 5.75 Å². The third-order valence-electron chi connectivity index (χ3n) is 6.13. The van der Waals surface area contributed by atoms with E-state index >= 15 is 0 Å². The molecule has 0 fully saturated rings. The van der Waals surface area contributed by atoms with E-state index in [4.69, 9.17) is 11.2 Å². The van der Waals surface area contributed by atoms with Crippen LogP contribution < -0.4 is 39.4 Å². The Morgan fingerprint density at radius 2 is 1.92 bits per heavy atom. The smallest absolute Gasteiger partial charge is 0.550 e. The molecule has 1 aromatic heterocycles. The molecule has 2 heterocycles. The number of aliphatic carboxylic acids is 1. The van der Waals surface area contributed by atoms with Gasteiger partial charge in [-0.3, -0.25) is 0 Å². The Bertz CT molecular complexity index is 1600. The maximum atomic E-state index is 13.7. The number of halogens is 2. The second-order valence-electron chi connectivity index (χ2n) is 8.50. The molecule has 4 nitrogen and oxygen atoms in total. The number of aromatic nitrogens is 1. The summed E-state index contributed by atoms with van der Waals surface area (Å²) in [4.78, 5) is 15.5. The van der Waals surface area contributed by atoms with E-state index in [-0.39, 0.29) is 41.2 Å². The normalized spacial score (nSPS) is 14.1. The quantitative estimate of drug-likeness (QED) is 0.281. The van der Waals surface area contributed by atoms with E-state index in [9.17, 15) is 18.7 Å². The molecule has 1 aliphatic rings. The molecule has 0 aliphatic carbocycles. The van der Waals surface area contributed by atoms with E-state index in [1.54, 1.807) is 18.2 Å². The summed E-state index contributed by atoms with van der Waals surface area (Å²) in [5.74, 6) is 0.830. The number of thioether (sulfide) groups is 1. The molecule has 1 aliphatic heterocycles. The summed E-state index contributed by atoms with van der Waals surface area (Å²) in [6.45, 7) is 0.313. The van der Waals surface area contributed by atoms with Gasteiger partial charge in [0.1, 0.15) is 12.4 Å². The number of carboxylic acid groups (broad SMARTS) is 1. The van der Waals surface area contributed by atoms with Gasteiger partial charge in [-0.15, -0.1) is 18.2 Å². The average Bonchev–Trinajstić information content (AvgIpc) is 3.04. The average molecular weight is 536 g/mol. The molecule has 0 saturated carbocycles. The molecular formula is C30H20F2NNaO3S. The van der Waals surface area contributed by atoms with Crippen molar-refractivity contribution in [2.45, 2.75) is 18.3 Å². The molecule has 38 heavy (non-hydrogen) atoms. The van der Waals surface area contributed by atoms with Gasteiger partial charge < -0.3 is 14.6 Å². The van der Waals surface area contributed by atoms with Crippen molar-refractivity contribution >= 4 is 40.8 Å². The van der Waals surface area contributed by atoms with Crippen LogP contribution in [-0.4, -0.2) is 16.7 Å². The molecule has 0 radical (unpaired) electrons. The van der Waals surface area contributed by atoms with Crippen molar-refractivity contribution < 1.29 is 53.0 Å². The molecule has 184 valence electrons. The van der Waals surface area contributed by atoms with Crippen LogP contribution in [0.25, 0.3) is 23.1 Å². The van der Waals surface area contributed by atoms with Gasteiger partial charge in [-0.25, -0.2) is 13.8 Å². The van der Waals surface area contributed by atoms with Crippen molar-refractivity contribution in [2.24, 2.45) is 0 Å². The Balaban J connectivity index is 0.00000336. The van der Waals surface area contributed by atoms with Crippen LogP contribution in [0.15, 0.2) is 60.7 Å². The molecule has 0 spiro atoms. The number of carbonyl (C=O) groups is 1. The third-order valence-corrected chi connectivity index (χ3v) is 7.41. The van der Waals surface area contributed by atoms with Gasteiger partial charge in [0.2, 0.25) is 0 Å². The maximum absolute atomic E-state index is 13.7. The van der Waals surface area contributed by atoms with Crippen molar-refractivity contribution in [1.29, 1.82) is 0 Å². The predicted molar refractivity (Wildman–Crippen MR) is 140 cm³/mol. The molecule has 8 heteroatoms. The topological polar surface area (TPSA) is 62.2 Å².